The van der Waals surface area contributed by atoms with E-state index in [0.717, 1.165) is 11.3 Å². The first kappa shape index (κ1) is 17.6. The van der Waals surface area contributed by atoms with Gasteiger partial charge in [0.25, 0.3) is 0 Å². The number of anilines is 1. The number of amides is 3. The average Bonchev–Trinajstić information content (AvgIpc) is 2.95. The van der Waals surface area contributed by atoms with Crippen LogP contribution >= 0.6 is 23.2 Å². The summed E-state index contributed by atoms with van der Waals surface area (Å²) in [5, 5.41) is 4.04. The van der Waals surface area contributed by atoms with Crippen LogP contribution in [0.1, 0.15) is 5.56 Å². The molecular formula is C18H17Cl2N3O2. The molecule has 1 N–H and O–H groups in total. The summed E-state index contributed by atoms with van der Waals surface area (Å²) >= 11 is 11.8. The fraction of sp³-hybridized carbons (Fsp3) is 0.222. The van der Waals surface area contributed by atoms with Crippen LogP contribution in [-0.2, 0) is 11.3 Å². The maximum Gasteiger partial charge on any atom is 0.325 e. The van der Waals surface area contributed by atoms with Crippen molar-refractivity contribution >= 4 is 40.8 Å². The van der Waals surface area contributed by atoms with Gasteiger partial charge in [-0.1, -0.05) is 41.4 Å². The molecule has 1 fully saturated rings. The van der Waals surface area contributed by atoms with Crippen molar-refractivity contribution in [3.05, 3.63) is 64.1 Å². The second-order valence-corrected chi connectivity index (χ2v) is 6.61. The molecule has 3 rings (SSSR count). The van der Waals surface area contributed by atoms with Gasteiger partial charge in [0, 0.05) is 35.4 Å². The summed E-state index contributed by atoms with van der Waals surface area (Å²) in [4.78, 5) is 27.7. The molecule has 1 aliphatic rings. The van der Waals surface area contributed by atoms with E-state index in [1.807, 2.05) is 18.2 Å². The van der Waals surface area contributed by atoms with Gasteiger partial charge in [0.2, 0.25) is 5.91 Å². The zero-order valence-electron chi connectivity index (χ0n) is 13.4. The largest absolute Gasteiger partial charge is 0.350 e. The van der Waals surface area contributed by atoms with E-state index in [9.17, 15) is 9.59 Å². The first-order valence-electron chi connectivity index (χ1n) is 7.86. The van der Waals surface area contributed by atoms with Gasteiger partial charge < -0.3 is 10.2 Å². The van der Waals surface area contributed by atoms with E-state index in [2.05, 4.69) is 5.32 Å². The summed E-state index contributed by atoms with van der Waals surface area (Å²) in [5.74, 6) is -0.198. The fourth-order valence-corrected chi connectivity index (χ4v) is 2.96. The van der Waals surface area contributed by atoms with Gasteiger partial charge >= 0.3 is 6.03 Å². The van der Waals surface area contributed by atoms with E-state index >= 15 is 0 Å². The van der Waals surface area contributed by atoms with Crippen molar-refractivity contribution in [1.82, 2.24) is 10.2 Å². The van der Waals surface area contributed by atoms with E-state index < -0.39 is 0 Å². The molecule has 0 radical (unpaired) electrons. The van der Waals surface area contributed by atoms with E-state index in [1.165, 1.54) is 4.90 Å². The van der Waals surface area contributed by atoms with E-state index in [1.54, 1.807) is 35.2 Å². The summed E-state index contributed by atoms with van der Waals surface area (Å²) in [7, 11) is 0. The van der Waals surface area contributed by atoms with E-state index in [-0.39, 0.29) is 18.5 Å². The minimum absolute atomic E-state index is 0.0312. The Morgan fingerprint density at radius 1 is 1.04 bits per heavy atom. The number of nitrogens with one attached hydrogen (secondary N) is 1. The van der Waals surface area contributed by atoms with Crippen molar-refractivity contribution in [1.29, 1.82) is 0 Å². The lowest BCUT2D eigenvalue weighted by Gasteiger charge is -2.18. The normalized spacial score (nSPS) is 14.1. The molecule has 25 heavy (non-hydrogen) atoms. The molecule has 2 aromatic carbocycles. The molecule has 0 aliphatic carbocycles. The van der Waals surface area contributed by atoms with Crippen LogP contribution in [0.25, 0.3) is 0 Å². The van der Waals surface area contributed by atoms with Gasteiger partial charge in [-0.15, -0.1) is 0 Å². The topological polar surface area (TPSA) is 52.7 Å². The number of halogens is 2. The smallest absolute Gasteiger partial charge is 0.325 e. The molecular weight excluding hydrogens is 361 g/mol. The Morgan fingerprint density at radius 3 is 2.52 bits per heavy atom. The molecule has 0 bridgehead atoms. The van der Waals surface area contributed by atoms with Crippen LogP contribution in [0, 0.1) is 0 Å². The van der Waals surface area contributed by atoms with Crippen molar-refractivity contribution < 1.29 is 9.59 Å². The van der Waals surface area contributed by atoms with Crippen molar-refractivity contribution in [3.8, 4) is 0 Å². The maximum atomic E-state index is 12.5. The Kier molecular flexibility index (Phi) is 5.46. The van der Waals surface area contributed by atoms with Crippen molar-refractivity contribution in [3.63, 3.8) is 0 Å². The Bertz CT molecular complexity index is 780. The molecule has 0 unspecified atom stereocenters. The van der Waals surface area contributed by atoms with Crippen LogP contribution in [0.15, 0.2) is 48.5 Å². The van der Waals surface area contributed by atoms with Crippen LogP contribution < -0.4 is 10.2 Å². The summed E-state index contributed by atoms with van der Waals surface area (Å²) in [6, 6.07) is 14.2. The molecule has 1 aliphatic heterocycles. The predicted molar refractivity (Wildman–Crippen MR) is 99.1 cm³/mol. The van der Waals surface area contributed by atoms with Crippen LogP contribution in [0.4, 0.5) is 10.5 Å². The van der Waals surface area contributed by atoms with Gasteiger partial charge in [-0.05, 0) is 35.9 Å². The van der Waals surface area contributed by atoms with Gasteiger partial charge in [0.15, 0.2) is 0 Å². The number of rotatable bonds is 5. The fourth-order valence-electron chi connectivity index (χ4n) is 2.65. The quantitative estimate of drug-likeness (QED) is 0.865. The lowest BCUT2D eigenvalue weighted by atomic mass is 10.2. The molecule has 0 aromatic heterocycles. The second kappa shape index (κ2) is 7.76. The number of carbonyl (C=O) groups excluding carboxylic acids is 2. The SMILES string of the molecule is O=C(CN1CCN(c2cccc(Cl)c2)C1=O)NCc1ccc(Cl)cc1. The summed E-state index contributed by atoms with van der Waals surface area (Å²) < 4.78 is 0. The first-order valence-corrected chi connectivity index (χ1v) is 8.62. The Hall–Kier alpha value is -2.24. The number of hydrogen-bond acceptors (Lipinski definition) is 2. The van der Waals surface area contributed by atoms with Crippen molar-refractivity contribution in [2.24, 2.45) is 0 Å². The lowest BCUT2D eigenvalue weighted by Crippen LogP contribution is -2.39. The molecule has 0 saturated carbocycles. The summed E-state index contributed by atoms with van der Waals surface area (Å²) in [5.41, 5.74) is 1.69. The van der Waals surface area contributed by atoms with Gasteiger partial charge in [0.05, 0.1) is 0 Å². The molecule has 1 saturated heterocycles. The third-order valence-corrected chi connectivity index (χ3v) is 4.44. The highest BCUT2D eigenvalue weighted by Crippen LogP contribution is 2.23. The Balaban J connectivity index is 1.53. The van der Waals surface area contributed by atoms with Crippen LogP contribution in [0.3, 0.4) is 0 Å². The highest BCUT2D eigenvalue weighted by molar-refractivity contribution is 6.31. The lowest BCUT2D eigenvalue weighted by molar-refractivity contribution is -0.121. The first-order chi connectivity index (χ1) is 12.0. The highest BCUT2D eigenvalue weighted by atomic mass is 35.5. The number of hydrogen-bond donors (Lipinski definition) is 1. The van der Waals surface area contributed by atoms with E-state index in [0.29, 0.717) is 29.7 Å². The molecule has 130 valence electrons. The van der Waals surface area contributed by atoms with Gasteiger partial charge in [-0.3, -0.25) is 9.69 Å². The molecule has 0 atom stereocenters. The third kappa shape index (κ3) is 4.44. The molecule has 3 amide bonds. The predicted octanol–water partition coefficient (Wildman–Crippen LogP) is 3.55. The van der Waals surface area contributed by atoms with Crippen LogP contribution in [0.2, 0.25) is 10.0 Å². The zero-order chi connectivity index (χ0) is 17.8. The monoisotopic (exact) mass is 377 g/mol. The second-order valence-electron chi connectivity index (χ2n) is 5.74. The van der Waals surface area contributed by atoms with Gasteiger partial charge in [-0.25, -0.2) is 4.79 Å². The van der Waals surface area contributed by atoms with Crippen LogP contribution in [-0.4, -0.2) is 36.5 Å². The van der Waals surface area contributed by atoms with Crippen LogP contribution in [0.5, 0.6) is 0 Å². The summed E-state index contributed by atoms with van der Waals surface area (Å²) in [6.07, 6.45) is 0. The molecule has 7 heteroatoms. The summed E-state index contributed by atoms with van der Waals surface area (Å²) in [6.45, 7) is 1.46. The van der Waals surface area contributed by atoms with Crippen molar-refractivity contribution in [2.45, 2.75) is 6.54 Å². The Labute approximate surface area is 156 Å². The van der Waals surface area contributed by atoms with Gasteiger partial charge in [-0.2, -0.15) is 0 Å². The highest BCUT2D eigenvalue weighted by Gasteiger charge is 2.30. The van der Waals surface area contributed by atoms with E-state index in [4.69, 9.17) is 23.2 Å². The van der Waals surface area contributed by atoms with Gasteiger partial charge in [0.1, 0.15) is 6.54 Å². The minimum Gasteiger partial charge on any atom is -0.350 e. The molecule has 0 spiro atoms. The molecule has 2 aromatic rings. The molecule has 5 nitrogen and oxygen atoms in total. The number of urea groups is 1. The number of carbonyl (C=O) groups is 2. The van der Waals surface area contributed by atoms with Crippen molar-refractivity contribution in [2.75, 3.05) is 24.5 Å². The average molecular weight is 378 g/mol. The number of benzene rings is 2. The Morgan fingerprint density at radius 2 is 1.80 bits per heavy atom. The molecule has 1 heterocycles. The number of nitrogens with zero attached hydrogens (tertiary/aromatic N) is 2. The zero-order valence-corrected chi connectivity index (χ0v) is 14.9. The minimum atomic E-state index is -0.198. The third-order valence-electron chi connectivity index (χ3n) is 3.95. The maximum absolute atomic E-state index is 12.5. The standard InChI is InChI=1S/C18H17Cl2N3O2/c19-14-6-4-13(5-7-14)11-21-17(24)12-22-8-9-23(18(22)25)16-3-1-2-15(20)10-16/h1-7,10H,8-9,11-12H2,(H,21,24).